The Bertz CT molecular complexity index is 982. The Hall–Kier alpha value is -3.39. The SMILES string of the molecule is CCCN(CCC)C(=O)c1cccc(NCC(=O)Nc2cccc(C(=O)N3CCOCC3)c2)c1. The van der Waals surface area contributed by atoms with Crippen LogP contribution in [0.2, 0.25) is 0 Å². The summed E-state index contributed by atoms with van der Waals surface area (Å²) in [7, 11) is 0. The molecule has 0 radical (unpaired) electrons. The van der Waals surface area contributed by atoms with Gasteiger partial charge in [-0.2, -0.15) is 0 Å². The van der Waals surface area contributed by atoms with Crippen LogP contribution >= 0.6 is 0 Å². The fraction of sp³-hybridized carbons (Fsp3) is 0.423. The normalized spacial score (nSPS) is 13.3. The number of anilines is 2. The van der Waals surface area contributed by atoms with Crippen molar-refractivity contribution < 1.29 is 19.1 Å². The van der Waals surface area contributed by atoms with Gasteiger partial charge in [-0.05, 0) is 49.2 Å². The summed E-state index contributed by atoms with van der Waals surface area (Å²) < 4.78 is 5.30. The van der Waals surface area contributed by atoms with Crippen LogP contribution in [0.15, 0.2) is 48.5 Å². The van der Waals surface area contributed by atoms with Gasteiger partial charge in [0.25, 0.3) is 11.8 Å². The first-order valence-corrected chi connectivity index (χ1v) is 11.9. The summed E-state index contributed by atoms with van der Waals surface area (Å²) >= 11 is 0. The second-order valence-electron chi connectivity index (χ2n) is 8.26. The lowest BCUT2D eigenvalue weighted by Gasteiger charge is -2.27. The first-order chi connectivity index (χ1) is 16.5. The number of nitrogens with one attached hydrogen (secondary N) is 2. The first-order valence-electron chi connectivity index (χ1n) is 11.9. The van der Waals surface area contributed by atoms with E-state index in [2.05, 4.69) is 24.5 Å². The topological polar surface area (TPSA) is 91.0 Å². The molecule has 1 heterocycles. The summed E-state index contributed by atoms with van der Waals surface area (Å²) in [6.45, 7) is 7.80. The average Bonchev–Trinajstić information content (AvgIpc) is 2.87. The number of nitrogens with zero attached hydrogens (tertiary/aromatic N) is 2. The summed E-state index contributed by atoms with van der Waals surface area (Å²) in [4.78, 5) is 41.6. The molecule has 1 aliphatic rings. The number of carbonyl (C=O) groups is 3. The molecular formula is C26H34N4O4. The van der Waals surface area contributed by atoms with E-state index in [0.29, 0.717) is 48.8 Å². The highest BCUT2D eigenvalue weighted by atomic mass is 16.5. The van der Waals surface area contributed by atoms with E-state index in [9.17, 15) is 14.4 Å². The molecule has 182 valence electrons. The van der Waals surface area contributed by atoms with Crippen molar-refractivity contribution in [1.29, 1.82) is 0 Å². The molecule has 3 rings (SSSR count). The average molecular weight is 467 g/mol. The number of hydrogen-bond donors (Lipinski definition) is 2. The number of rotatable bonds is 10. The number of amides is 3. The Kier molecular flexibility index (Phi) is 9.46. The minimum atomic E-state index is -0.244. The van der Waals surface area contributed by atoms with E-state index < -0.39 is 0 Å². The monoisotopic (exact) mass is 466 g/mol. The van der Waals surface area contributed by atoms with Crippen molar-refractivity contribution in [2.45, 2.75) is 26.7 Å². The van der Waals surface area contributed by atoms with E-state index in [0.717, 1.165) is 25.9 Å². The predicted molar refractivity (Wildman–Crippen MR) is 133 cm³/mol. The third kappa shape index (κ3) is 7.05. The molecule has 34 heavy (non-hydrogen) atoms. The summed E-state index contributed by atoms with van der Waals surface area (Å²) in [5.74, 6) is -0.316. The van der Waals surface area contributed by atoms with Crippen LogP contribution in [-0.2, 0) is 9.53 Å². The van der Waals surface area contributed by atoms with Gasteiger partial charge in [-0.1, -0.05) is 26.0 Å². The molecule has 8 heteroatoms. The fourth-order valence-electron chi connectivity index (χ4n) is 3.87. The zero-order chi connectivity index (χ0) is 24.3. The molecule has 1 aliphatic heterocycles. The number of ether oxygens (including phenoxy) is 1. The van der Waals surface area contributed by atoms with Gasteiger partial charge in [-0.15, -0.1) is 0 Å². The summed E-state index contributed by atoms with van der Waals surface area (Å²) in [6, 6.07) is 14.1. The van der Waals surface area contributed by atoms with E-state index in [1.54, 1.807) is 41.3 Å². The van der Waals surface area contributed by atoms with Gasteiger partial charge in [0.1, 0.15) is 0 Å². The van der Waals surface area contributed by atoms with Crippen LogP contribution in [0.5, 0.6) is 0 Å². The van der Waals surface area contributed by atoms with Gasteiger partial charge < -0.3 is 25.2 Å². The fourth-order valence-corrected chi connectivity index (χ4v) is 3.87. The lowest BCUT2D eigenvalue weighted by Crippen LogP contribution is -2.40. The molecule has 1 saturated heterocycles. The largest absolute Gasteiger partial charge is 0.378 e. The van der Waals surface area contributed by atoms with Gasteiger partial charge in [0.15, 0.2) is 0 Å². The highest BCUT2D eigenvalue weighted by molar-refractivity contribution is 5.98. The molecule has 2 aromatic rings. The number of benzene rings is 2. The first kappa shape index (κ1) is 25.2. The van der Waals surface area contributed by atoms with Gasteiger partial charge in [0.05, 0.1) is 19.8 Å². The Balaban J connectivity index is 1.56. The lowest BCUT2D eigenvalue weighted by molar-refractivity contribution is -0.114. The Labute approximate surface area is 201 Å². The van der Waals surface area contributed by atoms with E-state index in [4.69, 9.17) is 4.74 Å². The molecule has 2 aromatic carbocycles. The van der Waals surface area contributed by atoms with E-state index in [1.165, 1.54) is 0 Å². The maximum absolute atomic E-state index is 12.8. The van der Waals surface area contributed by atoms with Gasteiger partial charge >= 0.3 is 0 Å². The maximum Gasteiger partial charge on any atom is 0.254 e. The van der Waals surface area contributed by atoms with E-state index >= 15 is 0 Å². The van der Waals surface area contributed by atoms with Gasteiger partial charge in [0, 0.05) is 48.7 Å². The minimum Gasteiger partial charge on any atom is -0.378 e. The molecule has 8 nitrogen and oxygen atoms in total. The highest BCUT2D eigenvalue weighted by Crippen LogP contribution is 2.16. The van der Waals surface area contributed by atoms with Crippen LogP contribution in [0, 0.1) is 0 Å². The van der Waals surface area contributed by atoms with E-state index in [-0.39, 0.29) is 24.3 Å². The Morgan fingerprint density at radius 3 is 2.21 bits per heavy atom. The second-order valence-corrected chi connectivity index (χ2v) is 8.26. The van der Waals surface area contributed by atoms with Crippen molar-refractivity contribution >= 4 is 29.1 Å². The van der Waals surface area contributed by atoms with Gasteiger partial charge in [-0.25, -0.2) is 0 Å². The zero-order valence-electron chi connectivity index (χ0n) is 20.0. The molecule has 3 amide bonds. The molecular weight excluding hydrogens is 432 g/mol. The molecule has 0 unspecified atom stereocenters. The lowest BCUT2D eigenvalue weighted by atomic mass is 10.1. The molecule has 0 bridgehead atoms. The predicted octanol–water partition coefficient (Wildman–Crippen LogP) is 3.47. The van der Waals surface area contributed by atoms with Crippen LogP contribution in [0.3, 0.4) is 0 Å². The molecule has 0 spiro atoms. The van der Waals surface area contributed by atoms with Crippen molar-refractivity contribution in [2.24, 2.45) is 0 Å². The van der Waals surface area contributed by atoms with Crippen LogP contribution in [-0.4, -0.2) is 73.5 Å². The van der Waals surface area contributed by atoms with Crippen molar-refractivity contribution in [2.75, 3.05) is 56.6 Å². The third-order valence-electron chi connectivity index (χ3n) is 5.53. The summed E-state index contributed by atoms with van der Waals surface area (Å²) in [6.07, 6.45) is 1.81. The molecule has 0 atom stereocenters. The van der Waals surface area contributed by atoms with Crippen LogP contribution in [0.25, 0.3) is 0 Å². The smallest absolute Gasteiger partial charge is 0.254 e. The van der Waals surface area contributed by atoms with Gasteiger partial charge in [0.2, 0.25) is 5.91 Å². The zero-order valence-corrected chi connectivity index (χ0v) is 20.0. The highest BCUT2D eigenvalue weighted by Gasteiger charge is 2.19. The summed E-state index contributed by atoms with van der Waals surface area (Å²) in [5, 5.41) is 5.91. The Morgan fingerprint density at radius 1 is 0.912 bits per heavy atom. The van der Waals surface area contributed by atoms with E-state index in [1.807, 2.05) is 17.0 Å². The second kappa shape index (κ2) is 12.7. The molecule has 0 aromatic heterocycles. The Morgan fingerprint density at radius 2 is 1.53 bits per heavy atom. The third-order valence-corrected chi connectivity index (χ3v) is 5.53. The van der Waals surface area contributed by atoms with Crippen molar-refractivity contribution in [3.63, 3.8) is 0 Å². The van der Waals surface area contributed by atoms with Crippen molar-refractivity contribution in [3.8, 4) is 0 Å². The minimum absolute atomic E-state index is 0.00134. The van der Waals surface area contributed by atoms with Gasteiger partial charge in [-0.3, -0.25) is 14.4 Å². The molecule has 2 N–H and O–H groups in total. The molecule has 1 fully saturated rings. The molecule has 0 aliphatic carbocycles. The summed E-state index contributed by atoms with van der Waals surface area (Å²) in [5.41, 5.74) is 2.39. The van der Waals surface area contributed by atoms with Crippen molar-refractivity contribution in [1.82, 2.24) is 9.80 Å². The van der Waals surface area contributed by atoms with Crippen LogP contribution < -0.4 is 10.6 Å². The standard InChI is InChI=1S/C26H34N4O4/c1-3-11-29(12-4-2)25(32)20-7-5-9-22(17-20)27-19-24(31)28-23-10-6-8-21(18-23)26(33)30-13-15-34-16-14-30/h5-10,17-18,27H,3-4,11-16,19H2,1-2H3,(H,28,31). The maximum atomic E-state index is 12.8. The van der Waals surface area contributed by atoms with Crippen molar-refractivity contribution in [3.05, 3.63) is 59.7 Å². The molecule has 0 saturated carbocycles. The number of hydrogen-bond acceptors (Lipinski definition) is 5. The number of carbonyl (C=O) groups excluding carboxylic acids is 3. The van der Waals surface area contributed by atoms with Crippen LogP contribution in [0.4, 0.5) is 11.4 Å². The quantitative estimate of drug-likeness (QED) is 0.560. The van der Waals surface area contributed by atoms with Crippen LogP contribution in [0.1, 0.15) is 47.4 Å². The number of morpholine rings is 1.